The summed E-state index contributed by atoms with van der Waals surface area (Å²) >= 11 is 0. The molecule has 0 spiro atoms. The van der Waals surface area contributed by atoms with E-state index in [0.29, 0.717) is 24.7 Å². The number of nitrogens with one attached hydrogen (secondary N) is 1. The Kier molecular flexibility index (Phi) is 6.45. The van der Waals surface area contributed by atoms with Crippen molar-refractivity contribution in [2.24, 2.45) is 5.92 Å². The van der Waals surface area contributed by atoms with E-state index >= 15 is 0 Å². The van der Waals surface area contributed by atoms with E-state index in [1.807, 2.05) is 36.9 Å². The smallest absolute Gasteiger partial charge is 0.373 e. The van der Waals surface area contributed by atoms with Gasteiger partial charge in [0.25, 0.3) is 0 Å². The third-order valence-corrected chi connectivity index (χ3v) is 5.38. The van der Waals surface area contributed by atoms with E-state index in [0.717, 1.165) is 30.7 Å². The number of halogens is 3. The molecule has 1 aromatic carbocycles. The molecule has 3 rings (SSSR count). The zero-order valence-electron chi connectivity index (χ0n) is 16.6. The first-order chi connectivity index (χ1) is 13.8. The molecule has 2 heterocycles. The minimum absolute atomic E-state index is 0.00157. The molecule has 156 valence electrons. The summed E-state index contributed by atoms with van der Waals surface area (Å²) in [4.78, 5) is 19.3. The van der Waals surface area contributed by atoms with Gasteiger partial charge < -0.3 is 10.2 Å². The number of pyridine rings is 1. The second-order valence-electron chi connectivity index (χ2n) is 7.80. The molecule has 0 radical (unpaired) electrons. The maximum absolute atomic E-state index is 13.1. The number of nitrogens with zero attached hydrogens (tertiary/aromatic N) is 2. The van der Waals surface area contributed by atoms with E-state index in [2.05, 4.69) is 10.3 Å². The molecule has 0 aliphatic carbocycles. The molecule has 2 aromatic rings. The Morgan fingerprint density at radius 1 is 1.10 bits per heavy atom. The highest BCUT2D eigenvalue weighted by atomic mass is 19.4. The van der Waals surface area contributed by atoms with Gasteiger partial charge in [-0.3, -0.25) is 9.78 Å². The number of hydrogen-bond acceptors (Lipinski definition) is 3. The van der Waals surface area contributed by atoms with Crippen LogP contribution in [-0.4, -0.2) is 34.9 Å². The Morgan fingerprint density at radius 2 is 1.76 bits per heavy atom. The van der Waals surface area contributed by atoms with Gasteiger partial charge in [0, 0.05) is 36.6 Å². The summed E-state index contributed by atoms with van der Waals surface area (Å²) < 4.78 is 38.3. The van der Waals surface area contributed by atoms with Crippen molar-refractivity contribution in [3.8, 4) is 0 Å². The summed E-state index contributed by atoms with van der Waals surface area (Å²) in [5.74, 6) is 0.332. The highest BCUT2D eigenvalue weighted by molar-refractivity contribution is 5.85. The Balaban J connectivity index is 1.63. The molecular formula is C22H26F3N3O. The van der Waals surface area contributed by atoms with Crippen molar-refractivity contribution in [1.82, 2.24) is 9.88 Å². The van der Waals surface area contributed by atoms with Crippen LogP contribution in [0.5, 0.6) is 0 Å². The first-order valence-electron chi connectivity index (χ1n) is 9.89. The van der Waals surface area contributed by atoms with Crippen LogP contribution in [0.1, 0.15) is 43.9 Å². The largest absolute Gasteiger partial charge is 0.416 e. The first-order valence-corrected chi connectivity index (χ1v) is 9.89. The van der Waals surface area contributed by atoms with E-state index < -0.39 is 17.8 Å². The van der Waals surface area contributed by atoms with Gasteiger partial charge in [0.1, 0.15) is 6.04 Å². The van der Waals surface area contributed by atoms with Gasteiger partial charge in [-0.25, -0.2) is 0 Å². The number of rotatable bonds is 5. The molecule has 29 heavy (non-hydrogen) atoms. The summed E-state index contributed by atoms with van der Waals surface area (Å²) in [6.45, 7) is 5.16. The maximum Gasteiger partial charge on any atom is 0.416 e. The van der Waals surface area contributed by atoms with Crippen molar-refractivity contribution in [3.63, 3.8) is 0 Å². The molecule has 1 atom stereocenters. The Bertz CT molecular complexity index is 798. The zero-order valence-corrected chi connectivity index (χ0v) is 16.6. The van der Waals surface area contributed by atoms with E-state index in [-0.39, 0.29) is 11.8 Å². The number of likely N-dealkylation sites (tertiary alicyclic amines) is 1. The number of carbonyl (C=O) groups excluding carboxylic acids is 1. The lowest BCUT2D eigenvalue weighted by atomic mass is 9.92. The molecule has 1 fully saturated rings. The molecule has 0 unspecified atom stereocenters. The Hall–Kier alpha value is -2.57. The van der Waals surface area contributed by atoms with Crippen LogP contribution in [0.15, 0.2) is 48.7 Å². The zero-order chi connectivity index (χ0) is 21.0. The van der Waals surface area contributed by atoms with Crippen LogP contribution in [0, 0.1) is 5.92 Å². The van der Waals surface area contributed by atoms with Gasteiger partial charge in [0.15, 0.2) is 0 Å². The minimum atomic E-state index is -4.37. The van der Waals surface area contributed by atoms with Crippen LogP contribution in [0.2, 0.25) is 0 Å². The van der Waals surface area contributed by atoms with Gasteiger partial charge in [-0.15, -0.1) is 0 Å². The molecular weight excluding hydrogens is 379 g/mol. The fourth-order valence-corrected chi connectivity index (χ4v) is 3.66. The SMILES string of the molecule is CC(C)[C@@H](Nc1ccc(C(F)(F)F)cc1)C(=O)N1CCC(c2ccccn2)CC1. The number of carbonyl (C=O) groups is 1. The average Bonchev–Trinajstić information content (AvgIpc) is 2.72. The summed E-state index contributed by atoms with van der Waals surface area (Å²) in [6, 6.07) is 10.2. The fourth-order valence-electron chi connectivity index (χ4n) is 3.66. The van der Waals surface area contributed by atoms with Crippen molar-refractivity contribution in [1.29, 1.82) is 0 Å². The molecule has 1 N–H and O–H groups in total. The van der Waals surface area contributed by atoms with E-state index in [1.54, 1.807) is 6.20 Å². The highest BCUT2D eigenvalue weighted by Gasteiger charge is 2.32. The highest BCUT2D eigenvalue weighted by Crippen LogP contribution is 2.31. The fraction of sp³-hybridized carbons (Fsp3) is 0.455. The van der Waals surface area contributed by atoms with Crippen molar-refractivity contribution < 1.29 is 18.0 Å². The standard InChI is InChI=1S/C22H26F3N3O/c1-15(2)20(27-18-8-6-17(7-9-18)22(23,24)25)21(29)28-13-10-16(11-14-28)19-5-3-4-12-26-19/h3-9,12,15-16,20,27H,10-11,13-14H2,1-2H3/t20-/m1/s1. The lowest BCUT2D eigenvalue weighted by Gasteiger charge is -2.35. The van der Waals surface area contributed by atoms with Crippen molar-refractivity contribution in [3.05, 3.63) is 59.9 Å². The molecule has 0 bridgehead atoms. The van der Waals surface area contributed by atoms with Crippen LogP contribution in [0.25, 0.3) is 0 Å². The summed E-state index contributed by atoms with van der Waals surface area (Å²) in [7, 11) is 0. The van der Waals surface area contributed by atoms with Crippen molar-refractivity contribution >= 4 is 11.6 Å². The Labute approximate surface area is 169 Å². The average molecular weight is 405 g/mol. The molecule has 7 heteroatoms. The number of amides is 1. The summed E-state index contributed by atoms with van der Waals surface area (Å²) in [6.07, 6.45) is -0.874. The lowest BCUT2D eigenvalue weighted by Crippen LogP contribution is -2.48. The van der Waals surface area contributed by atoms with Crippen molar-refractivity contribution in [2.45, 2.75) is 44.8 Å². The van der Waals surface area contributed by atoms with Gasteiger partial charge in [-0.1, -0.05) is 19.9 Å². The van der Waals surface area contributed by atoms with Gasteiger partial charge in [0.2, 0.25) is 5.91 Å². The monoisotopic (exact) mass is 405 g/mol. The third kappa shape index (κ3) is 5.28. The van der Waals surface area contributed by atoms with Crippen LogP contribution < -0.4 is 5.32 Å². The van der Waals surface area contributed by atoms with Crippen LogP contribution in [-0.2, 0) is 11.0 Å². The van der Waals surface area contributed by atoms with Crippen LogP contribution >= 0.6 is 0 Å². The third-order valence-electron chi connectivity index (χ3n) is 5.38. The minimum Gasteiger partial charge on any atom is -0.373 e. The number of aromatic nitrogens is 1. The van der Waals surface area contributed by atoms with E-state index in [1.165, 1.54) is 12.1 Å². The molecule has 1 amide bonds. The first kappa shape index (κ1) is 21.1. The molecule has 1 aliphatic rings. The lowest BCUT2D eigenvalue weighted by molar-refractivity contribution is -0.137. The molecule has 1 aliphatic heterocycles. The molecule has 4 nitrogen and oxygen atoms in total. The quantitative estimate of drug-likeness (QED) is 0.766. The number of anilines is 1. The Morgan fingerprint density at radius 3 is 2.28 bits per heavy atom. The molecule has 0 saturated carbocycles. The van der Waals surface area contributed by atoms with Gasteiger partial charge >= 0.3 is 6.18 Å². The van der Waals surface area contributed by atoms with Gasteiger partial charge in [0.05, 0.1) is 5.56 Å². The number of hydrogen-bond donors (Lipinski definition) is 1. The molecule has 1 aromatic heterocycles. The predicted octanol–water partition coefficient (Wildman–Crippen LogP) is 4.94. The summed E-state index contributed by atoms with van der Waals surface area (Å²) in [5, 5.41) is 3.13. The van der Waals surface area contributed by atoms with Crippen molar-refractivity contribution in [2.75, 3.05) is 18.4 Å². The number of piperidine rings is 1. The van der Waals surface area contributed by atoms with Gasteiger partial charge in [-0.05, 0) is 55.2 Å². The second kappa shape index (κ2) is 8.84. The van der Waals surface area contributed by atoms with E-state index in [4.69, 9.17) is 0 Å². The second-order valence-corrected chi connectivity index (χ2v) is 7.80. The van der Waals surface area contributed by atoms with Gasteiger partial charge in [-0.2, -0.15) is 13.2 Å². The number of benzene rings is 1. The van der Waals surface area contributed by atoms with E-state index in [9.17, 15) is 18.0 Å². The van der Waals surface area contributed by atoms with Crippen LogP contribution in [0.4, 0.5) is 18.9 Å². The summed E-state index contributed by atoms with van der Waals surface area (Å²) in [5.41, 5.74) is 0.864. The number of alkyl halides is 3. The normalized spacial score (nSPS) is 16.7. The topological polar surface area (TPSA) is 45.2 Å². The maximum atomic E-state index is 13.1. The van der Waals surface area contributed by atoms with Crippen LogP contribution in [0.3, 0.4) is 0 Å². The predicted molar refractivity (Wildman–Crippen MR) is 106 cm³/mol. The molecule has 1 saturated heterocycles.